The molecule has 0 heterocycles. The summed E-state index contributed by atoms with van der Waals surface area (Å²) < 4.78 is 0. The molecule has 1 atom stereocenters. The van der Waals surface area contributed by atoms with Gasteiger partial charge in [0.05, 0.1) is 6.21 Å². The smallest absolute Gasteiger partial charge is 0.262 e. The second-order valence-electron chi connectivity index (χ2n) is 6.92. The molecule has 0 radical (unpaired) electrons. The number of nitrogens with one attached hydrogen (secondary N) is 2. The first-order valence-corrected chi connectivity index (χ1v) is 9.32. The molecule has 6 nitrogen and oxygen atoms in total. The van der Waals surface area contributed by atoms with E-state index in [1.807, 2.05) is 57.1 Å². The Bertz CT molecular complexity index is 830. The van der Waals surface area contributed by atoms with Crippen molar-refractivity contribution in [3.8, 4) is 0 Å². The van der Waals surface area contributed by atoms with Crippen molar-refractivity contribution in [2.75, 3.05) is 19.0 Å². The molecule has 0 saturated heterocycles. The lowest BCUT2D eigenvalue weighted by atomic mass is 10.0. The van der Waals surface area contributed by atoms with Crippen LogP contribution in [0.5, 0.6) is 0 Å². The Kier molecular flexibility index (Phi) is 7.58. The quantitative estimate of drug-likeness (QED) is 0.553. The van der Waals surface area contributed by atoms with Crippen molar-refractivity contribution in [1.29, 1.82) is 0 Å². The highest BCUT2D eigenvalue weighted by atomic mass is 35.5. The van der Waals surface area contributed by atoms with Gasteiger partial charge in [-0.2, -0.15) is 5.10 Å². The molecule has 2 aromatic carbocycles. The molecule has 0 aromatic heterocycles. The van der Waals surface area contributed by atoms with Gasteiger partial charge in [0.2, 0.25) is 0 Å². The van der Waals surface area contributed by atoms with Gasteiger partial charge < -0.3 is 10.2 Å². The number of carbonyl (C=O) groups is 2. The van der Waals surface area contributed by atoms with Crippen LogP contribution in [-0.2, 0) is 4.79 Å². The molecule has 2 N–H and O–H groups in total. The fourth-order valence-corrected chi connectivity index (χ4v) is 2.59. The summed E-state index contributed by atoms with van der Waals surface area (Å²) in [5, 5.41) is 7.30. The number of rotatable bonds is 7. The number of hydrogen-bond acceptors (Lipinski definition) is 4. The molecule has 0 bridgehead atoms. The summed E-state index contributed by atoms with van der Waals surface area (Å²) in [6, 6.07) is 13.5. The third-order valence-corrected chi connectivity index (χ3v) is 4.39. The standard InChI is InChI=1S/C21H25ClN4O2/c1-14(2)19(24-20(27)16-7-9-17(22)10-8-16)21(28)25-23-13-15-5-11-18(12-6-15)26(3)4/h5-14,19H,1-4H3,(H,24,27)(H,25,28)/b23-13+. The van der Waals surface area contributed by atoms with Crippen LogP contribution in [0, 0.1) is 5.92 Å². The SMILES string of the molecule is CC(C)C(NC(=O)c1ccc(Cl)cc1)C(=O)N/N=C/c1ccc(N(C)C)cc1. The van der Waals surface area contributed by atoms with E-state index in [2.05, 4.69) is 15.8 Å². The maximum Gasteiger partial charge on any atom is 0.262 e. The number of anilines is 1. The van der Waals surface area contributed by atoms with E-state index in [4.69, 9.17) is 11.6 Å². The van der Waals surface area contributed by atoms with Crippen molar-refractivity contribution < 1.29 is 9.59 Å². The van der Waals surface area contributed by atoms with E-state index in [9.17, 15) is 9.59 Å². The molecule has 0 saturated carbocycles. The van der Waals surface area contributed by atoms with E-state index in [0.29, 0.717) is 10.6 Å². The van der Waals surface area contributed by atoms with Crippen LogP contribution in [0.3, 0.4) is 0 Å². The zero-order chi connectivity index (χ0) is 20.7. The molecule has 28 heavy (non-hydrogen) atoms. The van der Waals surface area contributed by atoms with Crippen LogP contribution >= 0.6 is 11.6 Å². The highest BCUT2D eigenvalue weighted by molar-refractivity contribution is 6.30. The van der Waals surface area contributed by atoms with Gasteiger partial charge >= 0.3 is 0 Å². The summed E-state index contributed by atoms with van der Waals surface area (Å²) >= 11 is 5.84. The number of halogens is 1. The monoisotopic (exact) mass is 400 g/mol. The van der Waals surface area contributed by atoms with Crippen LogP contribution in [0.4, 0.5) is 5.69 Å². The molecule has 7 heteroatoms. The van der Waals surface area contributed by atoms with Gasteiger partial charge in [0, 0.05) is 30.4 Å². The minimum Gasteiger partial charge on any atom is -0.378 e. The highest BCUT2D eigenvalue weighted by Crippen LogP contribution is 2.12. The van der Waals surface area contributed by atoms with Crippen molar-refractivity contribution >= 4 is 35.3 Å². The number of amides is 2. The molecule has 148 valence electrons. The number of nitrogens with zero attached hydrogens (tertiary/aromatic N) is 2. The molecular formula is C21H25ClN4O2. The first-order chi connectivity index (χ1) is 13.3. The second-order valence-corrected chi connectivity index (χ2v) is 7.36. The fraction of sp³-hybridized carbons (Fsp3) is 0.286. The van der Waals surface area contributed by atoms with Crippen molar-refractivity contribution in [2.24, 2.45) is 11.0 Å². The summed E-state index contributed by atoms with van der Waals surface area (Å²) in [5.41, 5.74) is 4.87. The third kappa shape index (κ3) is 6.09. The van der Waals surface area contributed by atoms with Crippen LogP contribution in [0.25, 0.3) is 0 Å². The highest BCUT2D eigenvalue weighted by Gasteiger charge is 2.24. The van der Waals surface area contributed by atoms with Gasteiger partial charge in [-0.25, -0.2) is 5.43 Å². The minimum absolute atomic E-state index is 0.106. The molecule has 0 fully saturated rings. The lowest BCUT2D eigenvalue weighted by molar-refractivity contribution is -0.123. The van der Waals surface area contributed by atoms with Crippen LogP contribution in [0.15, 0.2) is 53.6 Å². The topological polar surface area (TPSA) is 73.8 Å². The van der Waals surface area contributed by atoms with Gasteiger partial charge in [0.1, 0.15) is 6.04 Å². The number of benzene rings is 2. The van der Waals surface area contributed by atoms with Gasteiger partial charge in [0.25, 0.3) is 11.8 Å². The molecule has 0 aliphatic carbocycles. The van der Waals surface area contributed by atoms with Gasteiger partial charge in [0.15, 0.2) is 0 Å². The molecule has 2 rings (SSSR count). The lowest BCUT2D eigenvalue weighted by Crippen LogP contribution is -2.48. The van der Waals surface area contributed by atoms with Crippen LogP contribution in [0.1, 0.15) is 29.8 Å². The minimum atomic E-state index is -0.712. The largest absolute Gasteiger partial charge is 0.378 e. The Hall–Kier alpha value is -2.86. The molecule has 0 spiro atoms. The number of hydrogen-bond donors (Lipinski definition) is 2. The van der Waals surface area contributed by atoms with Crippen molar-refractivity contribution in [1.82, 2.24) is 10.7 Å². The Balaban J connectivity index is 1.98. The fourth-order valence-electron chi connectivity index (χ4n) is 2.46. The van der Waals surface area contributed by atoms with Gasteiger partial charge in [-0.3, -0.25) is 9.59 Å². The van der Waals surface area contributed by atoms with Crippen LogP contribution in [-0.4, -0.2) is 38.2 Å². The van der Waals surface area contributed by atoms with Gasteiger partial charge in [-0.1, -0.05) is 37.6 Å². The summed E-state index contributed by atoms with van der Waals surface area (Å²) in [4.78, 5) is 26.9. The molecule has 0 aliphatic rings. The average Bonchev–Trinajstić information content (AvgIpc) is 2.66. The van der Waals surface area contributed by atoms with E-state index in [1.54, 1.807) is 30.5 Å². The van der Waals surface area contributed by atoms with Crippen molar-refractivity contribution in [3.63, 3.8) is 0 Å². The second kappa shape index (κ2) is 9.90. The van der Waals surface area contributed by atoms with Crippen LogP contribution in [0.2, 0.25) is 5.02 Å². The summed E-state index contributed by atoms with van der Waals surface area (Å²) in [7, 11) is 3.93. The van der Waals surface area contributed by atoms with E-state index in [0.717, 1.165) is 11.3 Å². The van der Waals surface area contributed by atoms with E-state index in [-0.39, 0.29) is 17.7 Å². The zero-order valence-electron chi connectivity index (χ0n) is 16.4. The average molecular weight is 401 g/mol. The third-order valence-electron chi connectivity index (χ3n) is 4.14. The van der Waals surface area contributed by atoms with E-state index in [1.165, 1.54) is 0 Å². The first-order valence-electron chi connectivity index (χ1n) is 8.94. The summed E-state index contributed by atoms with van der Waals surface area (Å²) in [6.07, 6.45) is 1.57. The maximum atomic E-state index is 12.5. The van der Waals surface area contributed by atoms with E-state index >= 15 is 0 Å². The van der Waals surface area contributed by atoms with E-state index < -0.39 is 6.04 Å². The van der Waals surface area contributed by atoms with Crippen molar-refractivity contribution in [2.45, 2.75) is 19.9 Å². The van der Waals surface area contributed by atoms with Gasteiger partial charge in [-0.05, 0) is 47.9 Å². The number of carbonyl (C=O) groups excluding carboxylic acids is 2. The Morgan fingerprint density at radius 1 is 1.04 bits per heavy atom. The predicted octanol–water partition coefficient (Wildman–Crippen LogP) is 3.31. The molecule has 1 unspecified atom stereocenters. The molecule has 0 aliphatic heterocycles. The predicted molar refractivity (Wildman–Crippen MR) is 114 cm³/mol. The Labute approximate surface area is 170 Å². The molecular weight excluding hydrogens is 376 g/mol. The number of hydrazone groups is 1. The van der Waals surface area contributed by atoms with Crippen molar-refractivity contribution in [3.05, 3.63) is 64.7 Å². The first kappa shape index (κ1) is 21.4. The normalized spacial score (nSPS) is 12.1. The zero-order valence-corrected chi connectivity index (χ0v) is 17.2. The Morgan fingerprint density at radius 3 is 2.18 bits per heavy atom. The maximum absolute atomic E-state index is 12.5. The lowest BCUT2D eigenvalue weighted by Gasteiger charge is -2.20. The Morgan fingerprint density at radius 2 is 1.64 bits per heavy atom. The molecule has 2 amide bonds. The van der Waals surface area contributed by atoms with Crippen LogP contribution < -0.4 is 15.6 Å². The summed E-state index contributed by atoms with van der Waals surface area (Å²) in [5.74, 6) is -0.821. The summed E-state index contributed by atoms with van der Waals surface area (Å²) in [6.45, 7) is 3.71. The van der Waals surface area contributed by atoms with Gasteiger partial charge in [-0.15, -0.1) is 0 Å². The molecule has 2 aromatic rings.